The maximum Gasteiger partial charge on any atom is 0.163 e. The molecule has 0 spiro atoms. The average Bonchev–Trinajstić information content (AvgIpc) is 2.42. The fourth-order valence-corrected chi connectivity index (χ4v) is 1.50. The number of fused-ring (bicyclic) bond motifs is 1. The van der Waals surface area contributed by atoms with Crippen LogP contribution in [-0.2, 0) is 0 Å². The number of anilines is 1. The third-order valence-electron chi connectivity index (χ3n) is 2.07. The van der Waals surface area contributed by atoms with E-state index in [1.165, 1.54) is 6.92 Å². The van der Waals surface area contributed by atoms with Gasteiger partial charge < -0.3 is 10.1 Å². The summed E-state index contributed by atoms with van der Waals surface area (Å²) in [5.41, 5.74) is 8.35. The summed E-state index contributed by atoms with van der Waals surface area (Å²) in [5.74, 6) is -0.0205. The number of rotatable bonds is 1. The third kappa shape index (κ3) is 1.25. The average molecular weight is 189 g/mol. The number of nitrogen functional groups attached to an aromatic ring is 1. The Balaban J connectivity index is 2.85. The van der Waals surface area contributed by atoms with E-state index in [-0.39, 0.29) is 5.78 Å². The van der Waals surface area contributed by atoms with E-state index in [0.29, 0.717) is 16.9 Å². The molecule has 0 unspecified atom stereocenters. The summed E-state index contributed by atoms with van der Waals surface area (Å²) in [7, 11) is 0. The van der Waals surface area contributed by atoms with Crippen molar-refractivity contribution in [3.05, 3.63) is 29.7 Å². The number of Topliss-reactive ketones (excluding diaryl/α,β-unsaturated/α-hetero) is 1. The van der Waals surface area contributed by atoms with Gasteiger partial charge in [-0.25, -0.2) is 4.98 Å². The van der Waals surface area contributed by atoms with E-state index >= 15 is 0 Å². The summed E-state index contributed by atoms with van der Waals surface area (Å²) >= 11 is 0. The number of carbonyl (C=O) groups is 1. The monoisotopic (exact) mass is 189 g/mol. The number of hydrogen-bond donors (Lipinski definition) is 1. The predicted molar refractivity (Wildman–Crippen MR) is 54.3 cm³/mol. The minimum absolute atomic E-state index is 0.0205. The summed E-state index contributed by atoms with van der Waals surface area (Å²) in [4.78, 5) is 15.6. The number of nitrogens with two attached hydrogens (primary N) is 1. The SMILES string of the molecule is CC(=O)c1cc(N)cn2cc(C)nc12. The van der Waals surface area contributed by atoms with Crippen LogP contribution in [0.5, 0.6) is 0 Å². The smallest absolute Gasteiger partial charge is 0.163 e. The second-order valence-electron chi connectivity index (χ2n) is 3.36. The molecule has 2 aromatic rings. The van der Waals surface area contributed by atoms with Crippen molar-refractivity contribution in [2.45, 2.75) is 13.8 Å². The molecule has 2 N–H and O–H groups in total. The van der Waals surface area contributed by atoms with Crippen molar-refractivity contribution >= 4 is 17.1 Å². The Hall–Kier alpha value is -1.84. The molecule has 14 heavy (non-hydrogen) atoms. The molecule has 0 radical (unpaired) electrons. The first-order valence-electron chi connectivity index (χ1n) is 4.33. The molecule has 2 heterocycles. The van der Waals surface area contributed by atoms with Gasteiger partial charge in [0.15, 0.2) is 5.78 Å². The fourth-order valence-electron chi connectivity index (χ4n) is 1.50. The molecule has 0 aliphatic rings. The van der Waals surface area contributed by atoms with Crippen LogP contribution in [0.1, 0.15) is 23.0 Å². The van der Waals surface area contributed by atoms with Gasteiger partial charge >= 0.3 is 0 Å². The Kier molecular flexibility index (Phi) is 1.77. The van der Waals surface area contributed by atoms with Gasteiger partial charge in [0.05, 0.1) is 11.3 Å². The highest BCUT2D eigenvalue weighted by Gasteiger charge is 2.09. The van der Waals surface area contributed by atoms with Crippen molar-refractivity contribution < 1.29 is 4.79 Å². The normalized spacial score (nSPS) is 10.7. The highest BCUT2D eigenvalue weighted by molar-refractivity contribution is 6.00. The molecule has 2 aromatic heterocycles. The van der Waals surface area contributed by atoms with E-state index in [0.717, 1.165) is 5.69 Å². The van der Waals surface area contributed by atoms with Crippen LogP contribution in [0.4, 0.5) is 5.69 Å². The number of nitrogens with zero attached hydrogens (tertiary/aromatic N) is 2. The lowest BCUT2D eigenvalue weighted by atomic mass is 10.2. The zero-order valence-electron chi connectivity index (χ0n) is 8.11. The van der Waals surface area contributed by atoms with Gasteiger partial charge in [0.2, 0.25) is 0 Å². The molecule has 4 nitrogen and oxygen atoms in total. The van der Waals surface area contributed by atoms with Crippen molar-refractivity contribution in [1.82, 2.24) is 9.38 Å². The molecule has 0 aliphatic heterocycles. The van der Waals surface area contributed by atoms with E-state index in [2.05, 4.69) is 4.98 Å². The van der Waals surface area contributed by atoms with Crippen LogP contribution in [0, 0.1) is 6.92 Å². The molecule has 0 aromatic carbocycles. The van der Waals surface area contributed by atoms with E-state index < -0.39 is 0 Å². The minimum atomic E-state index is -0.0205. The van der Waals surface area contributed by atoms with Crippen molar-refractivity contribution in [3.8, 4) is 0 Å². The summed E-state index contributed by atoms with van der Waals surface area (Å²) in [6.07, 6.45) is 3.60. The quantitative estimate of drug-likeness (QED) is 0.690. The number of hydrogen-bond acceptors (Lipinski definition) is 3. The number of imidazole rings is 1. The van der Waals surface area contributed by atoms with Crippen molar-refractivity contribution in [2.75, 3.05) is 5.73 Å². The highest BCUT2D eigenvalue weighted by atomic mass is 16.1. The molecule has 0 fully saturated rings. The maximum atomic E-state index is 11.3. The Morgan fingerprint density at radius 2 is 2.21 bits per heavy atom. The topological polar surface area (TPSA) is 60.4 Å². The van der Waals surface area contributed by atoms with E-state index in [4.69, 9.17) is 5.73 Å². The third-order valence-corrected chi connectivity index (χ3v) is 2.07. The Labute approximate surface area is 81.4 Å². The van der Waals surface area contributed by atoms with E-state index in [1.54, 1.807) is 16.7 Å². The van der Waals surface area contributed by atoms with Crippen LogP contribution in [0.2, 0.25) is 0 Å². The minimum Gasteiger partial charge on any atom is -0.398 e. The first-order valence-corrected chi connectivity index (χ1v) is 4.33. The van der Waals surface area contributed by atoms with E-state index in [1.807, 2.05) is 13.1 Å². The molecule has 2 rings (SSSR count). The summed E-state index contributed by atoms with van der Waals surface area (Å²) < 4.78 is 1.78. The molecule has 72 valence electrons. The number of aryl methyl sites for hydroxylation is 1. The zero-order chi connectivity index (χ0) is 10.3. The van der Waals surface area contributed by atoms with Gasteiger partial charge in [0, 0.05) is 18.1 Å². The molecule has 0 atom stereocenters. The van der Waals surface area contributed by atoms with Gasteiger partial charge in [0.1, 0.15) is 5.65 Å². The summed E-state index contributed by atoms with van der Waals surface area (Å²) in [6, 6.07) is 1.66. The summed E-state index contributed by atoms with van der Waals surface area (Å²) in [6.45, 7) is 3.39. The Morgan fingerprint density at radius 1 is 1.50 bits per heavy atom. The van der Waals surface area contributed by atoms with Crippen LogP contribution < -0.4 is 5.73 Å². The van der Waals surface area contributed by atoms with E-state index in [9.17, 15) is 4.79 Å². The van der Waals surface area contributed by atoms with Crippen molar-refractivity contribution in [3.63, 3.8) is 0 Å². The lowest BCUT2D eigenvalue weighted by Crippen LogP contribution is -2.00. The number of aromatic nitrogens is 2. The van der Waals surface area contributed by atoms with Crippen LogP contribution in [-0.4, -0.2) is 15.2 Å². The molecule has 0 saturated heterocycles. The van der Waals surface area contributed by atoms with Crippen LogP contribution >= 0.6 is 0 Å². The van der Waals surface area contributed by atoms with Gasteiger partial charge in [-0.1, -0.05) is 0 Å². The molecule has 0 bridgehead atoms. The highest BCUT2D eigenvalue weighted by Crippen LogP contribution is 2.15. The Morgan fingerprint density at radius 3 is 2.86 bits per heavy atom. The molecule has 0 aliphatic carbocycles. The molecule has 0 amide bonds. The van der Waals surface area contributed by atoms with Gasteiger partial charge in [-0.15, -0.1) is 0 Å². The Bertz CT molecular complexity index is 513. The first-order chi connectivity index (χ1) is 6.58. The molecular weight excluding hydrogens is 178 g/mol. The van der Waals surface area contributed by atoms with Gasteiger partial charge in [0.25, 0.3) is 0 Å². The van der Waals surface area contributed by atoms with Crippen LogP contribution in [0.3, 0.4) is 0 Å². The number of carbonyl (C=O) groups excluding carboxylic acids is 1. The number of ketones is 1. The largest absolute Gasteiger partial charge is 0.398 e. The molecular formula is C10H11N3O. The van der Waals surface area contributed by atoms with Crippen LogP contribution in [0.15, 0.2) is 18.5 Å². The standard InChI is InChI=1S/C10H11N3O/c1-6-4-13-5-8(11)3-9(7(2)14)10(13)12-6/h3-5H,11H2,1-2H3. The molecule has 0 saturated carbocycles. The first kappa shape index (κ1) is 8.74. The van der Waals surface area contributed by atoms with Gasteiger partial charge in [-0.2, -0.15) is 0 Å². The zero-order valence-corrected chi connectivity index (χ0v) is 8.11. The lowest BCUT2D eigenvalue weighted by molar-refractivity contribution is 0.101. The summed E-state index contributed by atoms with van der Waals surface area (Å²) in [5, 5.41) is 0. The van der Waals surface area contributed by atoms with Crippen molar-refractivity contribution in [1.29, 1.82) is 0 Å². The fraction of sp³-hybridized carbons (Fsp3) is 0.200. The van der Waals surface area contributed by atoms with Gasteiger partial charge in [-0.3, -0.25) is 4.79 Å². The second kappa shape index (κ2) is 2.83. The van der Waals surface area contributed by atoms with Crippen LogP contribution in [0.25, 0.3) is 5.65 Å². The molecule has 4 heteroatoms. The van der Waals surface area contributed by atoms with Gasteiger partial charge in [-0.05, 0) is 19.9 Å². The second-order valence-corrected chi connectivity index (χ2v) is 3.36. The number of pyridine rings is 1. The van der Waals surface area contributed by atoms with Crippen molar-refractivity contribution in [2.24, 2.45) is 0 Å². The maximum absolute atomic E-state index is 11.3. The predicted octanol–water partition coefficient (Wildman–Crippen LogP) is 1.43. The lowest BCUT2D eigenvalue weighted by Gasteiger charge is -2.01.